The van der Waals surface area contributed by atoms with Crippen molar-refractivity contribution in [2.24, 2.45) is 11.8 Å². The lowest BCUT2D eigenvalue weighted by molar-refractivity contribution is -0.0784. The van der Waals surface area contributed by atoms with E-state index in [2.05, 4.69) is 42.5 Å². The molecule has 0 heterocycles. The fourth-order valence-corrected chi connectivity index (χ4v) is 6.23. The summed E-state index contributed by atoms with van der Waals surface area (Å²) in [6.45, 7) is 0. The molecule has 0 aliphatic heterocycles. The van der Waals surface area contributed by atoms with E-state index >= 15 is 0 Å². The first-order valence-electron chi connectivity index (χ1n) is 14.5. The van der Waals surface area contributed by atoms with Crippen LogP contribution in [0.5, 0.6) is 0 Å². The van der Waals surface area contributed by atoms with Gasteiger partial charge in [0.1, 0.15) is 0 Å². The van der Waals surface area contributed by atoms with Gasteiger partial charge >= 0.3 is 0 Å². The molecule has 0 radical (unpaired) electrons. The summed E-state index contributed by atoms with van der Waals surface area (Å²) in [7, 11) is 0. The van der Waals surface area contributed by atoms with Crippen molar-refractivity contribution in [1.82, 2.24) is 0 Å². The van der Waals surface area contributed by atoms with E-state index in [9.17, 15) is 5.11 Å². The molecule has 34 heavy (non-hydrogen) atoms. The van der Waals surface area contributed by atoms with Gasteiger partial charge in [-0.3, -0.25) is 0 Å². The van der Waals surface area contributed by atoms with Crippen molar-refractivity contribution in [3.63, 3.8) is 0 Å². The number of benzene rings is 4. The SMILES string of the molecule is [2H]c1c([2H])c([2H])c(C2(O)C[C@@H](c3ccccc3)[C@H]3C[C@@H]2[C@H](c2ccccc2)C=C3c2ccccc2)c([2H])c1[2H]. The largest absolute Gasteiger partial charge is 0.385 e. The average Bonchev–Trinajstić information content (AvgIpc) is 2.98. The van der Waals surface area contributed by atoms with Crippen LogP contribution in [0, 0.1) is 11.8 Å². The first-order valence-corrected chi connectivity index (χ1v) is 12.0. The number of hydrogen-bond donors (Lipinski definition) is 1. The Bertz CT molecular complexity index is 1510. The number of aliphatic hydroxyl groups is 1. The summed E-state index contributed by atoms with van der Waals surface area (Å²) in [6.07, 6.45) is 3.14. The maximum absolute atomic E-state index is 12.8. The highest BCUT2D eigenvalue weighted by Gasteiger charge is 2.53. The maximum atomic E-state index is 12.8. The van der Waals surface area contributed by atoms with E-state index in [1.165, 1.54) is 5.57 Å². The van der Waals surface area contributed by atoms with Gasteiger partial charge in [0.2, 0.25) is 0 Å². The standard InChI is InChI=1S/C33H30O/c34-33(27-19-11-4-12-20-27)23-31(26-17-9-3-10-18-26)30-22-32(33)29(25-15-7-2-8-16-25)21-28(30)24-13-5-1-6-14-24/h1-21,29-32,34H,22-23H2/t29-,30-,31-,32+,33?/m0/s1/i4D,11D,12D,19D,20D. The van der Waals surface area contributed by atoms with Crippen LogP contribution in [-0.4, -0.2) is 5.11 Å². The van der Waals surface area contributed by atoms with Gasteiger partial charge in [-0.1, -0.05) is 127 Å². The Morgan fingerprint density at radius 1 is 0.706 bits per heavy atom. The Labute approximate surface area is 209 Å². The quantitative estimate of drug-likeness (QED) is 0.342. The molecule has 1 fully saturated rings. The Hall–Kier alpha value is -3.42. The van der Waals surface area contributed by atoms with Crippen molar-refractivity contribution >= 4 is 5.57 Å². The van der Waals surface area contributed by atoms with E-state index in [0.717, 1.165) is 16.7 Å². The van der Waals surface area contributed by atoms with Crippen molar-refractivity contribution < 1.29 is 12.0 Å². The van der Waals surface area contributed by atoms with Crippen molar-refractivity contribution in [1.29, 1.82) is 0 Å². The fourth-order valence-electron chi connectivity index (χ4n) is 6.23. The van der Waals surface area contributed by atoms with Crippen LogP contribution in [-0.2, 0) is 5.60 Å². The third-order valence-corrected chi connectivity index (χ3v) is 7.78. The zero-order valence-corrected chi connectivity index (χ0v) is 18.9. The fraction of sp³-hybridized carbons (Fsp3) is 0.212. The van der Waals surface area contributed by atoms with Crippen LogP contribution in [0.25, 0.3) is 5.57 Å². The van der Waals surface area contributed by atoms with E-state index in [1.807, 2.05) is 54.6 Å². The van der Waals surface area contributed by atoms with E-state index in [1.54, 1.807) is 0 Å². The van der Waals surface area contributed by atoms with Crippen LogP contribution in [0.4, 0.5) is 0 Å². The number of allylic oxidation sites excluding steroid dienone is 2. The summed E-state index contributed by atoms with van der Waals surface area (Å²) in [5.41, 5.74) is 2.87. The number of rotatable bonds is 4. The molecule has 0 amide bonds. The minimum atomic E-state index is -1.64. The Kier molecular flexibility index (Phi) is 4.18. The monoisotopic (exact) mass is 447 g/mol. The average molecular weight is 448 g/mol. The molecule has 1 heteroatoms. The third-order valence-electron chi connectivity index (χ3n) is 7.78. The van der Waals surface area contributed by atoms with Gasteiger partial charge in [-0.15, -0.1) is 0 Å². The molecule has 1 N–H and O–H groups in total. The minimum Gasteiger partial charge on any atom is -0.385 e. The molecular formula is C33H30O. The summed E-state index contributed by atoms with van der Waals surface area (Å²) in [6, 6.07) is 28.6. The summed E-state index contributed by atoms with van der Waals surface area (Å²) >= 11 is 0. The van der Waals surface area contributed by atoms with E-state index < -0.39 is 23.7 Å². The smallest absolute Gasteiger partial charge is 0.0939 e. The van der Waals surface area contributed by atoms with Gasteiger partial charge in [0.25, 0.3) is 0 Å². The molecule has 5 atom stereocenters. The van der Waals surface area contributed by atoms with Gasteiger partial charge in [0, 0.05) is 11.8 Å². The Morgan fingerprint density at radius 2 is 1.29 bits per heavy atom. The molecule has 2 bridgehead atoms. The Morgan fingerprint density at radius 3 is 1.94 bits per heavy atom. The summed E-state index contributed by atoms with van der Waals surface area (Å²) < 4.78 is 42.4. The molecule has 2 aliphatic carbocycles. The van der Waals surface area contributed by atoms with Crippen molar-refractivity contribution in [3.8, 4) is 0 Å². The van der Waals surface area contributed by atoms with Gasteiger partial charge < -0.3 is 5.11 Å². The molecule has 0 spiro atoms. The van der Waals surface area contributed by atoms with Crippen LogP contribution >= 0.6 is 0 Å². The van der Waals surface area contributed by atoms with Gasteiger partial charge in [-0.2, -0.15) is 0 Å². The van der Waals surface area contributed by atoms with Crippen LogP contribution in [0.2, 0.25) is 0 Å². The zero-order valence-electron chi connectivity index (χ0n) is 23.9. The predicted octanol–water partition coefficient (Wildman–Crippen LogP) is 7.57. The second-order valence-corrected chi connectivity index (χ2v) is 9.52. The molecule has 4 aromatic rings. The highest BCUT2D eigenvalue weighted by atomic mass is 16.3. The van der Waals surface area contributed by atoms with E-state index in [-0.39, 0.29) is 47.7 Å². The molecule has 0 saturated heterocycles. The first-order chi connectivity index (χ1) is 18.8. The van der Waals surface area contributed by atoms with E-state index in [0.29, 0.717) is 6.42 Å². The molecule has 6 rings (SSSR count). The van der Waals surface area contributed by atoms with Crippen LogP contribution in [0.1, 0.15) is 53.8 Å². The van der Waals surface area contributed by atoms with Crippen molar-refractivity contribution in [2.45, 2.75) is 30.3 Å². The third kappa shape index (κ3) is 3.61. The summed E-state index contributed by atoms with van der Waals surface area (Å²) in [4.78, 5) is 0. The number of hydrogen-bond acceptors (Lipinski definition) is 1. The molecule has 2 aliphatic rings. The van der Waals surface area contributed by atoms with Crippen LogP contribution in [0.15, 0.2) is 127 Å². The Balaban J connectivity index is 1.63. The van der Waals surface area contributed by atoms with Crippen LogP contribution < -0.4 is 0 Å². The summed E-state index contributed by atoms with van der Waals surface area (Å²) in [5.74, 6) is -0.573. The second-order valence-electron chi connectivity index (χ2n) is 9.52. The van der Waals surface area contributed by atoms with Crippen molar-refractivity contribution in [2.75, 3.05) is 0 Å². The second kappa shape index (κ2) is 8.74. The molecular weight excluding hydrogens is 412 g/mol. The lowest BCUT2D eigenvalue weighted by Gasteiger charge is -2.53. The van der Waals surface area contributed by atoms with Gasteiger partial charge in [-0.25, -0.2) is 0 Å². The summed E-state index contributed by atoms with van der Waals surface area (Å²) in [5, 5.41) is 12.8. The molecule has 0 aromatic heterocycles. The molecule has 4 aromatic carbocycles. The minimum absolute atomic E-state index is 0.00960. The van der Waals surface area contributed by atoms with Gasteiger partial charge in [0.05, 0.1) is 12.5 Å². The molecule has 168 valence electrons. The normalized spacial score (nSPS) is 30.3. The zero-order chi connectivity index (χ0) is 27.3. The van der Waals surface area contributed by atoms with Gasteiger partial charge in [-0.05, 0) is 52.5 Å². The van der Waals surface area contributed by atoms with Crippen molar-refractivity contribution in [3.05, 3.63) is 150 Å². The highest BCUT2D eigenvalue weighted by molar-refractivity contribution is 5.71. The lowest BCUT2D eigenvalue weighted by atomic mass is 9.53. The first kappa shape index (κ1) is 16.2. The predicted molar refractivity (Wildman–Crippen MR) is 139 cm³/mol. The van der Waals surface area contributed by atoms with E-state index in [4.69, 9.17) is 6.85 Å². The number of fused-ring (bicyclic) bond motifs is 2. The van der Waals surface area contributed by atoms with Gasteiger partial charge in [0.15, 0.2) is 0 Å². The maximum Gasteiger partial charge on any atom is 0.0939 e. The molecule has 1 nitrogen and oxygen atoms in total. The van der Waals surface area contributed by atoms with Crippen LogP contribution in [0.3, 0.4) is 0 Å². The highest BCUT2D eigenvalue weighted by Crippen LogP contribution is 2.61. The topological polar surface area (TPSA) is 20.2 Å². The molecule has 1 unspecified atom stereocenters. The molecule has 1 saturated carbocycles. The lowest BCUT2D eigenvalue weighted by Crippen LogP contribution is -2.48.